The van der Waals surface area contributed by atoms with Gasteiger partial charge >= 0.3 is 5.97 Å². The second-order valence-corrected chi connectivity index (χ2v) is 6.64. The summed E-state index contributed by atoms with van der Waals surface area (Å²) in [5, 5.41) is 0. The van der Waals surface area contributed by atoms with E-state index in [1.54, 1.807) is 0 Å². The zero-order valence-electron chi connectivity index (χ0n) is 13.7. The highest BCUT2D eigenvalue weighted by atomic mass is 16.5. The number of hydrogen-bond donors (Lipinski definition) is 0. The van der Waals surface area contributed by atoms with E-state index in [1.807, 2.05) is 6.92 Å². The first-order valence-electron chi connectivity index (χ1n) is 7.85. The SMILES string of the molecule is CCCCCCCCCC(=O)OC(C)C[N+](C)(C)C. The molecular weight excluding hydrogens is 238 g/mol. The van der Waals surface area contributed by atoms with Crippen LogP contribution in [0.1, 0.15) is 65.2 Å². The van der Waals surface area contributed by atoms with Crippen molar-refractivity contribution in [1.82, 2.24) is 0 Å². The van der Waals surface area contributed by atoms with E-state index in [-0.39, 0.29) is 12.1 Å². The predicted octanol–water partition coefficient (Wildman–Crippen LogP) is 3.77. The summed E-state index contributed by atoms with van der Waals surface area (Å²) < 4.78 is 6.24. The number of carbonyl (C=O) groups excluding carboxylic acids is 1. The molecule has 0 heterocycles. The monoisotopic (exact) mass is 272 g/mol. The Labute approximate surface area is 119 Å². The largest absolute Gasteiger partial charge is 0.457 e. The van der Waals surface area contributed by atoms with Gasteiger partial charge in [0.2, 0.25) is 0 Å². The lowest BCUT2D eigenvalue weighted by atomic mass is 10.1. The van der Waals surface area contributed by atoms with Crippen molar-refractivity contribution in [3.63, 3.8) is 0 Å². The quantitative estimate of drug-likeness (QED) is 0.325. The number of quaternary nitrogens is 1. The summed E-state index contributed by atoms with van der Waals surface area (Å²) in [6.07, 6.45) is 9.24. The molecule has 0 saturated carbocycles. The number of likely N-dealkylation sites (N-methyl/N-ethyl adjacent to an activating group) is 1. The van der Waals surface area contributed by atoms with Crippen molar-refractivity contribution in [2.24, 2.45) is 0 Å². The number of esters is 1. The second-order valence-electron chi connectivity index (χ2n) is 6.64. The molecule has 0 spiro atoms. The number of hydrogen-bond acceptors (Lipinski definition) is 2. The van der Waals surface area contributed by atoms with Crippen molar-refractivity contribution >= 4 is 5.97 Å². The van der Waals surface area contributed by atoms with Crippen LogP contribution in [-0.4, -0.2) is 44.2 Å². The molecule has 0 aromatic heterocycles. The number of carbonyl (C=O) groups is 1. The van der Waals surface area contributed by atoms with Crippen molar-refractivity contribution in [2.45, 2.75) is 71.3 Å². The predicted molar refractivity (Wildman–Crippen MR) is 81.1 cm³/mol. The van der Waals surface area contributed by atoms with Crippen LogP contribution in [0.4, 0.5) is 0 Å². The van der Waals surface area contributed by atoms with Gasteiger partial charge in [0, 0.05) is 6.42 Å². The first kappa shape index (κ1) is 18.4. The van der Waals surface area contributed by atoms with Crippen molar-refractivity contribution in [1.29, 1.82) is 0 Å². The molecule has 0 N–H and O–H groups in total. The van der Waals surface area contributed by atoms with Crippen LogP contribution >= 0.6 is 0 Å². The molecule has 0 saturated heterocycles. The summed E-state index contributed by atoms with van der Waals surface area (Å²) in [5.41, 5.74) is 0. The maximum Gasteiger partial charge on any atom is 0.306 e. The Morgan fingerprint density at radius 2 is 1.53 bits per heavy atom. The molecule has 0 aliphatic heterocycles. The van der Waals surface area contributed by atoms with Gasteiger partial charge in [-0.25, -0.2) is 0 Å². The Balaban J connectivity index is 3.49. The van der Waals surface area contributed by atoms with Gasteiger partial charge in [0.15, 0.2) is 0 Å². The van der Waals surface area contributed by atoms with Gasteiger partial charge in [0.1, 0.15) is 12.6 Å². The number of nitrogens with zero attached hydrogens (tertiary/aromatic N) is 1. The average molecular weight is 272 g/mol. The zero-order chi connectivity index (χ0) is 14.7. The van der Waals surface area contributed by atoms with E-state index in [0.29, 0.717) is 6.42 Å². The average Bonchev–Trinajstić information content (AvgIpc) is 2.25. The molecule has 3 heteroatoms. The molecule has 0 amide bonds. The third-order valence-corrected chi connectivity index (χ3v) is 3.12. The Hall–Kier alpha value is -0.570. The molecule has 0 rings (SSSR count). The molecule has 0 radical (unpaired) electrons. The Morgan fingerprint density at radius 3 is 2.05 bits per heavy atom. The van der Waals surface area contributed by atoms with Crippen LogP contribution in [0.25, 0.3) is 0 Å². The minimum Gasteiger partial charge on any atom is -0.457 e. The molecular formula is C16H34NO2+. The summed E-state index contributed by atoms with van der Waals surface area (Å²) in [5.74, 6) is -0.0329. The zero-order valence-corrected chi connectivity index (χ0v) is 13.7. The first-order valence-corrected chi connectivity index (χ1v) is 7.85. The van der Waals surface area contributed by atoms with E-state index < -0.39 is 0 Å². The van der Waals surface area contributed by atoms with E-state index in [1.165, 1.54) is 32.1 Å². The van der Waals surface area contributed by atoms with Gasteiger partial charge in [0.05, 0.1) is 21.1 Å². The lowest BCUT2D eigenvalue weighted by Crippen LogP contribution is -2.41. The van der Waals surface area contributed by atoms with Gasteiger partial charge in [-0.05, 0) is 13.3 Å². The van der Waals surface area contributed by atoms with E-state index in [0.717, 1.165) is 23.9 Å². The van der Waals surface area contributed by atoms with Gasteiger partial charge in [-0.15, -0.1) is 0 Å². The molecule has 3 nitrogen and oxygen atoms in total. The molecule has 0 aliphatic rings. The highest BCUT2D eigenvalue weighted by Gasteiger charge is 2.17. The fourth-order valence-electron chi connectivity index (χ4n) is 2.32. The van der Waals surface area contributed by atoms with Crippen LogP contribution in [0.2, 0.25) is 0 Å². The summed E-state index contributed by atoms with van der Waals surface area (Å²) >= 11 is 0. The van der Waals surface area contributed by atoms with E-state index >= 15 is 0 Å². The van der Waals surface area contributed by atoms with Gasteiger partial charge in [-0.2, -0.15) is 0 Å². The van der Waals surface area contributed by atoms with Crippen LogP contribution in [0.15, 0.2) is 0 Å². The Morgan fingerprint density at radius 1 is 1.00 bits per heavy atom. The third kappa shape index (κ3) is 13.7. The fraction of sp³-hybridized carbons (Fsp3) is 0.938. The molecule has 0 bridgehead atoms. The summed E-state index contributed by atoms with van der Waals surface area (Å²) in [6, 6.07) is 0. The fourth-order valence-corrected chi connectivity index (χ4v) is 2.32. The van der Waals surface area contributed by atoms with Crippen LogP contribution in [0.3, 0.4) is 0 Å². The molecule has 0 aromatic carbocycles. The Bertz CT molecular complexity index is 233. The van der Waals surface area contributed by atoms with Crippen molar-refractivity contribution in [3.8, 4) is 0 Å². The van der Waals surface area contributed by atoms with Crippen molar-refractivity contribution in [2.75, 3.05) is 27.7 Å². The molecule has 0 aromatic rings. The van der Waals surface area contributed by atoms with Gasteiger partial charge in [0.25, 0.3) is 0 Å². The smallest absolute Gasteiger partial charge is 0.306 e. The maximum absolute atomic E-state index is 11.6. The van der Waals surface area contributed by atoms with Crippen molar-refractivity contribution in [3.05, 3.63) is 0 Å². The van der Waals surface area contributed by atoms with Crippen LogP contribution in [-0.2, 0) is 9.53 Å². The van der Waals surface area contributed by atoms with Gasteiger partial charge in [-0.1, -0.05) is 45.4 Å². The van der Waals surface area contributed by atoms with Crippen LogP contribution < -0.4 is 0 Å². The van der Waals surface area contributed by atoms with E-state index in [9.17, 15) is 4.79 Å². The van der Waals surface area contributed by atoms with Crippen LogP contribution in [0.5, 0.6) is 0 Å². The summed E-state index contributed by atoms with van der Waals surface area (Å²) in [6.45, 7) is 5.07. The Kier molecular flexibility index (Phi) is 9.94. The van der Waals surface area contributed by atoms with Gasteiger partial charge < -0.3 is 9.22 Å². The number of unbranched alkanes of at least 4 members (excludes halogenated alkanes) is 6. The molecule has 0 aliphatic carbocycles. The summed E-state index contributed by atoms with van der Waals surface area (Å²) in [4.78, 5) is 11.6. The highest BCUT2D eigenvalue weighted by Crippen LogP contribution is 2.09. The third-order valence-electron chi connectivity index (χ3n) is 3.12. The minimum atomic E-state index is -0.0329. The molecule has 1 atom stereocenters. The number of rotatable bonds is 11. The molecule has 114 valence electrons. The number of ether oxygens (including phenoxy) is 1. The van der Waals surface area contributed by atoms with Crippen LogP contribution in [0, 0.1) is 0 Å². The highest BCUT2D eigenvalue weighted by molar-refractivity contribution is 5.69. The maximum atomic E-state index is 11.6. The summed E-state index contributed by atoms with van der Waals surface area (Å²) in [7, 11) is 6.34. The molecule has 19 heavy (non-hydrogen) atoms. The molecule has 0 fully saturated rings. The van der Waals surface area contributed by atoms with E-state index in [2.05, 4.69) is 28.1 Å². The lowest BCUT2D eigenvalue weighted by molar-refractivity contribution is -0.873. The van der Waals surface area contributed by atoms with E-state index in [4.69, 9.17) is 4.74 Å². The lowest BCUT2D eigenvalue weighted by Gasteiger charge is -2.27. The minimum absolute atomic E-state index is 0.0112. The first-order chi connectivity index (χ1) is 8.85. The van der Waals surface area contributed by atoms with Gasteiger partial charge in [-0.3, -0.25) is 4.79 Å². The molecule has 1 unspecified atom stereocenters. The van der Waals surface area contributed by atoms with Crippen molar-refractivity contribution < 1.29 is 14.0 Å². The standard InChI is InChI=1S/C16H34NO2/c1-6-7-8-9-10-11-12-13-16(18)19-15(2)14-17(3,4)5/h15H,6-14H2,1-5H3/q+1. The second kappa shape index (κ2) is 10.2. The normalized spacial score (nSPS) is 13.3. The topological polar surface area (TPSA) is 26.3 Å².